The summed E-state index contributed by atoms with van der Waals surface area (Å²) in [5.74, 6) is 0.842. The quantitative estimate of drug-likeness (QED) is 0.910. The van der Waals surface area contributed by atoms with E-state index >= 15 is 0 Å². The molecule has 0 bridgehead atoms. The number of H-pyrrole nitrogens is 1. The van der Waals surface area contributed by atoms with E-state index in [0.29, 0.717) is 12.7 Å². The average Bonchev–Trinajstić information content (AvgIpc) is 2.79. The van der Waals surface area contributed by atoms with Crippen LogP contribution < -0.4 is 5.32 Å². The molecule has 18 heavy (non-hydrogen) atoms. The van der Waals surface area contributed by atoms with Gasteiger partial charge in [0.25, 0.3) is 0 Å². The van der Waals surface area contributed by atoms with Gasteiger partial charge in [0.2, 0.25) is 0 Å². The molecule has 96 valence electrons. The van der Waals surface area contributed by atoms with Crippen LogP contribution in [0.25, 0.3) is 11.2 Å². The number of hydrogen-bond acceptors (Lipinski definition) is 4. The number of nitrogens with one attached hydrogen (secondary N) is 2. The van der Waals surface area contributed by atoms with Crippen molar-refractivity contribution in [2.75, 3.05) is 13.1 Å². The largest absolute Gasteiger partial charge is 0.370 e. The first kappa shape index (κ1) is 12.1. The van der Waals surface area contributed by atoms with E-state index in [4.69, 9.17) is 4.74 Å². The first-order valence-electron chi connectivity index (χ1n) is 6.14. The molecule has 0 spiro atoms. The van der Waals surface area contributed by atoms with Crippen LogP contribution in [-0.2, 0) is 11.3 Å². The van der Waals surface area contributed by atoms with Gasteiger partial charge in [-0.2, -0.15) is 0 Å². The Bertz CT molecular complexity index is 536. The Morgan fingerprint density at radius 2 is 2.22 bits per heavy atom. The van der Waals surface area contributed by atoms with Crippen molar-refractivity contribution >= 4 is 27.1 Å². The second-order valence-electron chi connectivity index (χ2n) is 4.47. The van der Waals surface area contributed by atoms with Crippen molar-refractivity contribution in [3.05, 3.63) is 22.6 Å². The van der Waals surface area contributed by atoms with E-state index in [1.54, 1.807) is 6.20 Å². The molecule has 0 aromatic carbocycles. The SMILES string of the molecule is Brc1cnc2nc(COC3CCNCC3)[nH]c2c1. The summed E-state index contributed by atoms with van der Waals surface area (Å²) >= 11 is 3.39. The first-order valence-corrected chi connectivity index (χ1v) is 6.93. The predicted molar refractivity (Wildman–Crippen MR) is 72.3 cm³/mol. The van der Waals surface area contributed by atoms with Gasteiger partial charge in [-0.3, -0.25) is 0 Å². The molecule has 0 saturated carbocycles. The van der Waals surface area contributed by atoms with E-state index in [9.17, 15) is 0 Å². The van der Waals surface area contributed by atoms with Gasteiger partial charge >= 0.3 is 0 Å². The predicted octanol–water partition coefficient (Wildman–Crippen LogP) is 1.99. The highest BCUT2D eigenvalue weighted by Gasteiger charge is 2.14. The van der Waals surface area contributed by atoms with Crippen LogP contribution in [0.4, 0.5) is 0 Å². The van der Waals surface area contributed by atoms with Crippen LogP contribution in [0.3, 0.4) is 0 Å². The Kier molecular flexibility index (Phi) is 3.58. The molecule has 0 unspecified atom stereocenters. The van der Waals surface area contributed by atoms with Gasteiger partial charge in [-0.05, 0) is 47.9 Å². The van der Waals surface area contributed by atoms with Gasteiger partial charge in [0.05, 0.1) is 11.6 Å². The molecule has 1 aliphatic rings. The maximum absolute atomic E-state index is 5.86. The van der Waals surface area contributed by atoms with Gasteiger partial charge in [-0.25, -0.2) is 9.97 Å². The summed E-state index contributed by atoms with van der Waals surface area (Å²) in [6, 6.07) is 1.98. The van der Waals surface area contributed by atoms with E-state index in [1.165, 1.54) is 0 Å². The molecule has 0 atom stereocenters. The van der Waals surface area contributed by atoms with Gasteiger partial charge in [-0.1, -0.05) is 0 Å². The molecule has 0 radical (unpaired) electrons. The lowest BCUT2D eigenvalue weighted by Crippen LogP contribution is -2.32. The molecule has 3 heterocycles. The van der Waals surface area contributed by atoms with Crippen molar-refractivity contribution in [2.24, 2.45) is 0 Å². The number of hydrogen-bond donors (Lipinski definition) is 2. The molecule has 0 amide bonds. The van der Waals surface area contributed by atoms with E-state index in [2.05, 4.69) is 36.2 Å². The van der Waals surface area contributed by atoms with Gasteiger partial charge in [-0.15, -0.1) is 0 Å². The Morgan fingerprint density at radius 1 is 1.39 bits per heavy atom. The Morgan fingerprint density at radius 3 is 3.06 bits per heavy atom. The number of imidazole rings is 1. The second kappa shape index (κ2) is 5.34. The molecule has 2 aromatic rings. The van der Waals surface area contributed by atoms with Crippen molar-refractivity contribution in [3.63, 3.8) is 0 Å². The van der Waals surface area contributed by atoms with Gasteiger partial charge in [0.15, 0.2) is 5.65 Å². The molecule has 0 aliphatic carbocycles. The van der Waals surface area contributed by atoms with Gasteiger partial charge in [0.1, 0.15) is 12.4 Å². The van der Waals surface area contributed by atoms with E-state index in [0.717, 1.165) is 47.4 Å². The third kappa shape index (κ3) is 2.71. The van der Waals surface area contributed by atoms with Crippen LogP contribution in [0.2, 0.25) is 0 Å². The highest BCUT2D eigenvalue weighted by molar-refractivity contribution is 9.10. The zero-order valence-corrected chi connectivity index (χ0v) is 11.5. The fourth-order valence-electron chi connectivity index (χ4n) is 2.15. The average molecular weight is 311 g/mol. The summed E-state index contributed by atoms with van der Waals surface area (Å²) in [4.78, 5) is 11.9. The van der Waals surface area contributed by atoms with Crippen molar-refractivity contribution < 1.29 is 4.74 Å². The summed E-state index contributed by atoms with van der Waals surface area (Å²) < 4.78 is 6.80. The van der Waals surface area contributed by atoms with Crippen LogP contribution in [0, 0.1) is 0 Å². The molecule has 1 aliphatic heterocycles. The second-order valence-corrected chi connectivity index (χ2v) is 5.38. The lowest BCUT2D eigenvalue weighted by molar-refractivity contribution is 0.0182. The minimum atomic E-state index is 0.346. The topological polar surface area (TPSA) is 62.8 Å². The Labute approximate surface area is 113 Å². The van der Waals surface area contributed by atoms with E-state index < -0.39 is 0 Å². The third-order valence-corrected chi connectivity index (χ3v) is 3.53. The maximum atomic E-state index is 5.86. The third-order valence-electron chi connectivity index (χ3n) is 3.10. The minimum absolute atomic E-state index is 0.346. The molecule has 6 heteroatoms. The standard InChI is InChI=1S/C12H15BrN4O/c13-8-5-10-12(15-6-8)17-11(16-10)7-18-9-1-3-14-4-2-9/h5-6,9,14H,1-4,7H2,(H,15,16,17). The van der Waals surface area contributed by atoms with Gasteiger partial charge < -0.3 is 15.0 Å². The zero-order chi connectivity index (χ0) is 12.4. The molecule has 3 rings (SSSR count). The fourth-order valence-corrected chi connectivity index (χ4v) is 2.48. The lowest BCUT2D eigenvalue weighted by atomic mass is 10.1. The number of pyridine rings is 1. The zero-order valence-electron chi connectivity index (χ0n) is 9.95. The molecule has 1 saturated heterocycles. The Balaban J connectivity index is 1.67. The van der Waals surface area contributed by atoms with E-state index in [1.807, 2.05) is 6.07 Å². The summed E-state index contributed by atoms with van der Waals surface area (Å²) in [6.45, 7) is 2.61. The monoisotopic (exact) mass is 310 g/mol. The summed E-state index contributed by atoms with van der Waals surface area (Å²) in [5, 5.41) is 3.32. The smallest absolute Gasteiger partial charge is 0.177 e. The molecular weight excluding hydrogens is 296 g/mol. The molecule has 2 N–H and O–H groups in total. The molecule has 2 aromatic heterocycles. The van der Waals surface area contributed by atoms with Crippen LogP contribution >= 0.6 is 15.9 Å². The minimum Gasteiger partial charge on any atom is -0.370 e. The van der Waals surface area contributed by atoms with Crippen LogP contribution in [-0.4, -0.2) is 34.1 Å². The summed E-state index contributed by atoms with van der Waals surface area (Å²) in [5.41, 5.74) is 1.68. The number of piperidine rings is 1. The summed E-state index contributed by atoms with van der Waals surface area (Å²) in [6.07, 6.45) is 4.24. The van der Waals surface area contributed by atoms with Crippen molar-refractivity contribution in [1.29, 1.82) is 0 Å². The van der Waals surface area contributed by atoms with Crippen LogP contribution in [0.5, 0.6) is 0 Å². The number of aromatic amines is 1. The number of ether oxygens (including phenoxy) is 1. The number of rotatable bonds is 3. The van der Waals surface area contributed by atoms with Crippen LogP contribution in [0.15, 0.2) is 16.7 Å². The van der Waals surface area contributed by atoms with Crippen molar-refractivity contribution in [3.8, 4) is 0 Å². The highest BCUT2D eigenvalue weighted by Crippen LogP contribution is 2.16. The normalized spacial score (nSPS) is 17.4. The number of fused-ring (bicyclic) bond motifs is 1. The number of halogens is 1. The first-order chi connectivity index (χ1) is 8.81. The highest BCUT2D eigenvalue weighted by atomic mass is 79.9. The maximum Gasteiger partial charge on any atom is 0.177 e. The summed E-state index contributed by atoms with van der Waals surface area (Å²) in [7, 11) is 0. The molecule has 5 nitrogen and oxygen atoms in total. The van der Waals surface area contributed by atoms with Gasteiger partial charge in [0, 0.05) is 10.7 Å². The molecule has 1 fully saturated rings. The number of aromatic nitrogens is 3. The fraction of sp³-hybridized carbons (Fsp3) is 0.500. The van der Waals surface area contributed by atoms with E-state index in [-0.39, 0.29) is 0 Å². The van der Waals surface area contributed by atoms with Crippen molar-refractivity contribution in [2.45, 2.75) is 25.6 Å². The molecular formula is C12H15BrN4O. The van der Waals surface area contributed by atoms with Crippen molar-refractivity contribution in [1.82, 2.24) is 20.3 Å². The Hall–Kier alpha value is -0.980. The lowest BCUT2D eigenvalue weighted by Gasteiger charge is -2.22. The number of nitrogens with zero attached hydrogens (tertiary/aromatic N) is 2. The van der Waals surface area contributed by atoms with Crippen LogP contribution in [0.1, 0.15) is 18.7 Å².